The van der Waals surface area contributed by atoms with Crippen molar-refractivity contribution in [2.75, 3.05) is 13.1 Å². The summed E-state index contributed by atoms with van der Waals surface area (Å²) in [6.07, 6.45) is 0.157. The van der Waals surface area contributed by atoms with Crippen LogP contribution in [0, 0.1) is 0 Å². The zero-order chi connectivity index (χ0) is 8.43. The van der Waals surface area contributed by atoms with E-state index < -0.39 is 16.3 Å². The van der Waals surface area contributed by atoms with Crippen molar-refractivity contribution >= 4 is 17.0 Å². The molecule has 1 fully saturated rings. The van der Waals surface area contributed by atoms with Crippen LogP contribution in [-0.4, -0.2) is 37.9 Å². The number of amides is 1. The molecule has 4 nitrogen and oxygen atoms in total. The number of hydrogen-bond donors (Lipinski definition) is 0. The fourth-order valence-electron chi connectivity index (χ4n) is 1.17. The molecule has 0 N–H and O–H groups in total. The molecule has 1 amide bonds. The molecule has 2 unspecified atom stereocenters. The van der Waals surface area contributed by atoms with Gasteiger partial charge in [-0.2, -0.15) is 0 Å². The smallest absolute Gasteiger partial charge is 0.772 e. The van der Waals surface area contributed by atoms with Crippen LogP contribution in [0.25, 0.3) is 0 Å². The van der Waals surface area contributed by atoms with Gasteiger partial charge in [0.05, 0.1) is 0 Å². The first kappa shape index (κ1) is 12.6. The van der Waals surface area contributed by atoms with Crippen molar-refractivity contribution in [2.24, 2.45) is 0 Å². The number of carbonyl (C=O) groups excluding carboxylic acids is 1. The Morgan fingerprint density at radius 3 is 2.58 bits per heavy atom. The molecule has 0 aromatic heterocycles. The van der Waals surface area contributed by atoms with Gasteiger partial charge < -0.3 is 9.45 Å². The minimum Gasteiger partial charge on any atom is -0.772 e. The molecule has 1 heterocycles. The third kappa shape index (κ3) is 2.81. The summed E-state index contributed by atoms with van der Waals surface area (Å²) in [7, 11) is 0. The second kappa shape index (κ2) is 5.34. The zero-order valence-corrected chi connectivity index (χ0v) is 10.1. The second-order valence-electron chi connectivity index (χ2n) is 2.52. The molecule has 1 rings (SSSR count). The summed E-state index contributed by atoms with van der Waals surface area (Å²) >= 11 is -2.10. The maximum atomic E-state index is 11.0. The molecule has 1 saturated heterocycles. The maximum absolute atomic E-state index is 11.0. The number of likely N-dealkylation sites (tertiary alicyclic amines) is 1. The summed E-state index contributed by atoms with van der Waals surface area (Å²) in [5.74, 6) is -0.0540. The Hall–Kier alpha value is 0.580. The zero-order valence-electron chi connectivity index (χ0n) is 7.28. The van der Waals surface area contributed by atoms with E-state index in [1.807, 2.05) is 6.92 Å². The Morgan fingerprint density at radius 2 is 2.33 bits per heavy atom. The van der Waals surface area contributed by atoms with Gasteiger partial charge in [-0.3, -0.25) is 9.00 Å². The van der Waals surface area contributed by atoms with Gasteiger partial charge in [0.2, 0.25) is 5.91 Å². The number of nitrogens with zero attached hydrogens (tertiary/aromatic N) is 1. The predicted octanol–water partition coefficient (Wildman–Crippen LogP) is -3.51. The van der Waals surface area contributed by atoms with Gasteiger partial charge in [-0.05, 0) is 18.0 Å². The molecule has 0 saturated carbocycles. The summed E-state index contributed by atoms with van der Waals surface area (Å²) in [5, 5.41) is -0.484. The van der Waals surface area contributed by atoms with E-state index in [1.165, 1.54) is 0 Å². The summed E-state index contributed by atoms with van der Waals surface area (Å²) in [6.45, 7) is 2.81. The summed E-state index contributed by atoms with van der Waals surface area (Å²) in [4.78, 5) is 12.5. The fraction of sp³-hybridized carbons (Fsp3) is 0.833. The third-order valence-electron chi connectivity index (χ3n) is 1.83. The van der Waals surface area contributed by atoms with E-state index in [0.29, 0.717) is 13.1 Å². The molecular formula is C6H10NNaO3S. The van der Waals surface area contributed by atoms with Crippen molar-refractivity contribution in [3.8, 4) is 0 Å². The first-order valence-corrected chi connectivity index (χ1v) is 4.64. The van der Waals surface area contributed by atoms with E-state index in [9.17, 15) is 13.6 Å². The normalized spacial score (nSPS) is 25.3. The van der Waals surface area contributed by atoms with Crippen LogP contribution in [0.3, 0.4) is 0 Å². The van der Waals surface area contributed by atoms with E-state index in [0.717, 1.165) is 0 Å². The Balaban J connectivity index is 0.00000121. The third-order valence-corrected chi connectivity index (χ3v) is 2.69. The van der Waals surface area contributed by atoms with Gasteiger partial charge in [0, 0.05) is 24.8 Å². The first-order valence-electron chi connectivity index (χ1n) is 3.51. The van der Waals surface area contributed by atoms with Crippen LogP contribution in [0.4, 0.5) is 0 Å². The van der Waals surface area contributed by atoms with Crippen LogP contribution in [0.1, 0.15) is 13.3 Å². The maximum Gasteiger partial charge on any atom is 1.00 e. The number of hydrogen-bond acceptors (Lipinski definition) is 3. The monoisotopic (exact) mass is 199 g/mol. The van der Waals surface area contributed by atoms with E-state index in [1.54, 1.807) is 4.90 Å². The molecule has 0 aromatic rings. The topological polar surface area (TPSA) is 60.4 Å². The molecule has 0 spiro atoms. The van der Waals surface area contributed by atoms with Crippen LogP contribution in [-0.2, 0) is 15.9 Å². The van der Waals surface area contributed by atoms with Crippen molar-refractivity contribution in [2.45, 2.75) is 18.6 Å². The molecule has 12 heavy (non-hydrogen) atoms. The van der Waals surface area contributed by atoms with Crippen LogP contribution < -0.4 is 29.6 Å². The largest absolute Gasteiger partial charge is 1.00 e. The average molecular weight is 199 g/mol. The van der Waals surface area contributed by atoms with Gasteiger partial charge in [0.25, 0.3) is 0 Å². The molecule has 0 radical (unpaired) electrons. The summed E-state index contributed by atoms with van der Waals surface area (Å²) in [6, 6.07) is 0. The fourth-order valence-corrected chi connectivity index (χ4v) is 1.75. The molecule has 0 aromatic carbocycles. The van der Waals surface area contributed by atoms with Crippen molar-refractivity contribution < 1.29 is 43.1 Å². The van der Waals surface area contributed by atoms with Gasteiger partial charge in [-0.15, -0.1) is 0 Å². The van der Waals surface area contributed by atoms with E-state index in [2.05, 4.69) is 0 Å². The van der Waals surface area contributed by atoms with Gasteiger partial charge in [-0.25, -0.2) is 0 Å². The predicted molar refractivity (Wildman–Crippen MR) is 39.6 cm³/mol. The summed E-state index contributed by atoms with van der Waals surface area (Å²) < 4.78 is 20.9. The number of carbonyl (C=O) groups is 1. The van der Waals surface area contributed by atoms with Gasteiger partial charge in [0.1, 0.15) is 0 Å². The molecular weight excluding hydrogens is 189 g/mol. The number of rotatable bonds is 2. The Bertz CT molecular complexity index is 199. The van der Waals surface area contributed by atoms with E-state index in [-0.39, 0.29) is 41.9 Å². The van der Waals surface area contributed by atoms with Crippen molar-refractivity contribution in [3.05, 3.63) is 0 Å². The average Bonchev–Trinajstić information content (AvgIpc) is 2.31. The quantitative estimate of drug-likeness (QED) is 0.342. The molecule has 0 bridgehead atoms. The standard InChI is InChI=1S/C6H11NO3S.Na/c1-2-7-4-5(11(9)10)3-6(7)8;/h5H,2-4H2,1H3,(H,9,10);/q;+1/p-1. The molecule has 0 aliphatic carbocycles. The Kier molecular flexibility index (Phi) is 5.60. The van der Waals surface area contributed by atoms with Crippen molar-refractivity contribution in [1.29, 1.82) is 0 Å². The van der Waals surface area contributed by atoms with Gasteiger partial charge in [0.15, 0.2) is 0 Å². The van der Waals surface area contributed by atoms with Gasteiger partial charge in [-0.1, -0.05) is 0 Å². The van der Waals surface area contributed by atoms with Crippen LogP contribution in [0.5, 0.6) is 0 Å². The molecule has 2 atom stereocenters. The Labute approximate surface area is 96.3 Å². The summed E-state index contributed by atoms with van der Waals surface area (Å²) in [5.41, 5.74) is 0. The Morgan fingerprint density at radius 1 is 1.75 bits per heavy atom. The van der Waals surface area contributed by atoms with E-state index in [4.69, 9.17) is 0 Å². The minimum absolute atomic E-state index is 0. The van der Waals surface area contributed by atoms with E-state index >= 15 is 0 Å². The van der Waals surface area contributed by atoms with Crippen LogP contribution >= 0.6 is 0 Å². The van der Waals surface area contributed by atoms with Crippen LogP contribution in [0.2, 0.25) is 0 Å². The molecule has 64 valence electrons. The molecule has 1 aliphatic rings. The van der Waals surface area contributed by atoms with Gasteiger partial charge >= 0.3 is 29.6 Å². The SMILES string of the molecule is CCN1CC(S(=O)[O-])CC1=O.[Na+]. The molecule has 1 aliphatic heterocycles. The first-order chi connectivity index (χ1) is 5.15. The minimum atomic E-state index is -2.10. The molecule has 6 heteroatoms. The van der Waals surface area contributed by atoms with Crippen molar-refractivity contribution in [3.63, 3.8) is 0 Å². The second-order valence-corrected chi connectivity index (χ2v) is 3.71. The van der Waals surface area contributed by atoms with Crippen molar-refractivity contribution in [1.82, 2.24) is 4.90 Å². The van der Waals surface area contributed by atoms with Crippen LogP contribution in [0.15, 0.2) is 0 Å².